The minimum atomic E-state index is 0.460. The molecule has 0 saturated carbocycles. The van der Waals surface area contributed by atoms with Gasteiger partial charge in [-0.3, -0.25) is 0 Å². The molecule has 2 aromatic heterocycles. The molecule has 0 aliphatic rings. The van der Waals surface area contributed by atoms with Gasteiger partial charge in [0.25, 0.3) is 0 Å². The number of aromatic nitrogens is 2. The van der Waals surface area contributed by atoms with E-state index in [0.29, 0.717) is 21.6 Å². The van der Waals surface area contributed by atoms with Crippen molar-refractivity contribution in [3.8, 4) is 16.9 Å². The first-order valence-corrected chi connectivity index (χ1v) is 9.38. The molecule has 2 aromatic carbocycles. The van der Waals surface area contributed by atoms with Gasteiger partial charge in [-0.15, -0.1) is 11.3 Å². The number of hydrogen-bond donors (Lipinski definition) is 1. The van der Waals surface area contributed by atoms with E-state index in [0.717, 1.165) is 27.1 Å². The van der Waals surface area contributed by atoms with Crippen molar-refractivity contribution in [3.05, 3.63) is 64.2 Å². The zero-order valence-corrected chi connectivity index (χ0v) is 16.0. The molecule has 26 heavy (non-hydrogen) atoms. The lowest BCUT2D eigenvalue weighted by Gasteiger charge is -2.11. The number of fused-ring (bicyclic) bond motifs is 1. The van der Waals surface area contributed by atoms with Gasteiger partial charge in [0.1, 0.15) is 22.7 Å². The largest absolute Gasteiger partial charge is 0.497 e. The molecular weight excluding hydrogens is 389 g/mol. The maximum Gasteiger partial charge on any atom is 0.143 e. The Kier molecular flexibility index (Phi) is 4.68. The molecule has 0 atom stereocenters. The second-order valence-corrected chi connectivity index (χ2v) is 7.15. The number of benzene rings is 2. The fourth-order valence-corrected chi connectivity index (χ4v) is 3.94. The van der Waals surface area contributed by atoms with Gasteiger partial charge in [-0.05, 0) is 29.8 Å². The van der Waals surface area contributed by atoms with E-state index >= 15 is 0 Å². The van der Waals surface area contributed by atoms with E-state index in [9.17, 15) is 0 Å². The van der Waals surface area contributed by atoms with Crippen molar-refractivity contribution in [1.82, 2.24) is 9.97 Å². The molecule has 2 heterocycles. The van der Waals surface area contributed by atoms with Crippen LogP contribution in [0, 0.1) is 0 Å². The molecule has 0 amide bonds. The van der Waals surface area contributed by atoms with Gasteiger partial charge < -0.3 is 10.1 Å². The number of nitrogens with one attached hydrogen (secondary N) is 1. The maximum atomic E-state index is 6.31. The minimum Gasteiger partial charge on any atom is -0.497 e. The maximum absolute atomic E-state index is 6.31. The van der Waals surface area contributed by atoms with E-state index in [-0.39, 0.29) is 0 Å². The monoisotopic (exact) mass is 401 g/mol. The van der Waals surface area contributed by atoms with Crippen molar-refractivity contribution < 1.29 is 4.74 Å². The Labute approximate surface area is 164 Å². The Morgan fingerprint density at radius 3 is 2.62 bits per heavy atom. The molecule has 0 spiro atoms. The van der Waals surface area contributed by atoms with Crippen molar-refractivity contribution >= 4 is 56.3 Å². The first-order chi connectivity index (χ1) is 12.7. The van der Waals surface area contributed by atoms with E-state index < -0.39 is 0 Å². The van der Waals surface area contributed by atoms with Gasteiger partial charge in [0, 0.05) is 10.9 Å². The van der Waals surface area contributed by atoms with Crippen LogP contribution in [0.4, 0.5) is 11.5 Å². The smallest absolute Gasteiger partial charge is 0.143 e. The topological polar surface area (TPSA) is 47.0 Å². The molecule has 130 valence electrons. The molecule has 0 fully saturated rings. The average Bonchev–Trinajstić information content (AvgIpc) is 3.11. The second kappa shape index (κ2) is 7.11. The number of ether oxygens (including phenoxy) is 1. The molecule has 4 nitrogen and oxygen atoms in total. The molecule has 0 radical (unpaired) electrons. The number of halogens is 2. The fourth-order valence-electron chi connectivity index (χ4n) is 2.68. The lowest BCUT2D eigenvalue weighted by Crippen LogP contribution is -1.96. The second-order valence-electron chi connectivity index (χ2n) is 5.51. The van der Waals surface area contributed by atoms with Crippen LogP contribution in [-0.2, 0) is 0 Å². The quantitative estimate of drug-likeness (QED) is 0.428. The summed E-state index contributed by atoms with van der Waals surface area (Å²) in [5, 5.41) is 7.26. The van der Waals surface area contributed by atoms with Crippen LogP contribution in [0.25, 0.3) is 21.3 Å². The summed E-state index contributed by atoms with van der Waals surface area (Å²) in [6, 6.07) is 13.4. The summed E-state index contributed by atoms with van der Waals surface area (Å²) in [5.41, 5.74) is 2.81. The molecule has 0 saturated heterocycles. The van der Waals surface area contributed by atoms with Crippen molar-refractivity contribution in [2.45, 2.75) is 0 Å². The molecule has 4 rings (SSSR count). The number of thiophene rings is 1. The Hall–Kier alpha value is -2.34. The third kappa shape index (κ3) is 3.09. The summed E-state index contributed by atoms with van der Waals surface area (Å²) in [6.07, 6.45) is 1.54. The van der Waals surface area contributed by atoms with Gasteiger partial charge in [-0.25, -0.2) is 9.97 Å². The zero-order chi connectivity index (χ0) is 18.1. The molecule has 0 aliphatic heterocycles. The van der Waals surface area contributed by atoms with E-state index in [1.54, 1.807) is 24.5 Å². The van der Waals surface area contributed by atoms with Crippen molar-refractivity contribution in [3.63, 3.8) is 0 Å². The summed E-state index contributed by atoms with van der Waals surface area (Å²) in [7, 11) is 1.65. The van der Waals surface area contributed by atoms with Gasteiger partial charge >= 0.3 is 0 Å². The van der Waals surface area contributed by atoms with Gasteiger partial charge in [-0.1, -0.05) is 41.4 Å². The molecule has 0 unspecified atom stereocenters. The molecule has 0 bridgehead atoms. The molecule has 7 heteroatoms. The van der Waals surface area contributed by atoms with E-state index in [4.69, 9.17) is 27.9 Å². The molecule has 4 aromatic rings. The zero-order valence-electron chi connectivity index (χ0n) is 13.7. The van der Waals surface area contributed by atoms with Crippen molar-refractivity contribution in [2.75, 3.05) is 12.4 Å². The van der Waals surface area contributed by atoms with Crippen LogP contribution in [0.15, 0.2) is 54.2 Å². The minimum absolute atomic E-state index is 0.460. The third-order valence-corrected chi connectivity index (χ3v) is 5.68. The fraction of sp³-hybridized carbons (Fsp3) is 0.0526. The number of nitrogens with zero attached hydrogens (tertiary/aromatic N) is 2. The van der Waals surface area contributed by atoms with Crippen LogP contribution in [0.1, 0.15) is 0 Å². The number of anilines is 2. The molecular formula is C19H13Cl2N3OS. The van der Waals surface area contributed by atoms with E-state index in [2.05, 4.69) is 20.7 Å². The SMILES string of the molecule is COc1ccc(-c2csc3ncnc(Nc4cccc(Cl)c4Cl)c23)cc1. The Morgan fingerprint density at radius 1 is 1.04 bits per heavy atom. The predicted molar refractivity (Wildman–Crippen MR) is 109 cm³/mol. The van der Waals surface area contributed by atoms with Crippen LogP contribution >= 0.6 is 34.5 Å². The highest BCUT2D eigenvalue weighted by atomic mass is 35.5. The number of hydrogen-bond acceptors (Lipinski definition) is 5. The van der Waals surface area contributed by atoms with Crippen LogP contribution in [0.5, 0.6) is 5.75 Å². The predicted octanol–water partition coefficient (Wildman–Crippen LogP) is 6.42. The summed E-state index contributed by atoms with van der Waals surface area (Å²) < 4.78 is 5.24. The van der Waals surface area contributed by atoms with Gasteiger partial charge in [-0.2, -0.15) is 0 Å². The first-order valence-electron chi connectivity index (χ1n) is 7.75. The van der Waals surface area contributed by atoms with Gasteiger partial charge in [0.2, 0.25) is 0 Å². The summed E-state index contributed by atoms with van der Waals surface area (Å²) in [5.74, 6) is 1.50. The number of rotatable bonds is 4. The van der Waals surface area contributed by atoms with E-state index in [1.165, 1.54) is 6.33 Å². The Balaban J connectivity index is 1.82. The normalized spacial score (nSPS) is 10.9. The van der Waals surface area contributed by atoms with Crippen LogP contribution in [0.3, 0.4) is 0 Å². The third-order valence-electron chi connectivity index (χ3n) is 3.98. The van der Waals surface area contributed by atoms with Crippen LogP contribution in [0.2, 0.25) is 10.0 Å². The highest BCUT2D eigenvalue weighted by Crippen LogP contribution is 2.39. The van der Waals surface area contributed by atoms with E-state index in [1.807, 2.05) is 36.4 Å². The van der Waals surface area contributed by atoms with Crippen molar-refractivity contribution in [2.24, 2.45) is 0 Å². The lowest BCUT2D eigenvalue weighted by atomic mass is 10.1. The summed E-state index contributed by atoms with van der Waals surface area (Å²) in [6.45, 7) is 0. The standard InChI is InChI=1S/C19H13Cl2N3OS/c1-25-12-7-5-11(6-8-12)13-9-26-19-16(13)18(22-10-23-19)24-15-4-2-3-14(20)17(15)21/h2-10H,1H3,(H,22,23,24). The van der Waals surface area contributed by atoms with Crippen molar-refractivity contribution in [1.29, 1.82) is 0 Å². The highest BCUT2D eigenvalue weighted by Gasteiger charge is 2.15. The molecule has 1 N–H and O–H groups in total. The number of methoxy groups -OCH3 is 1. The highest BCUT2D eigenvalue weighted by molar-refractivity contribution is 7.17. The van der Waals surface area contributed by atoms with Crippen LogP contribution in [-0.4, -0.2) is 17.1 Å². The van der Waals surface area contributed by atoms with Gasteiger partial charge in [0.15, 0.2) is 0 Å². The summed E-state index contributed by atoms with van der Waals surface area (Å²) >= 11 is 14.0. The van der Waals surface area contributed by atoms with Crippen LogP contribution < -0.4 is 10.1 Å². The average molecular weight is 402 g/mol. The summed E-state index contributed by atoms with van der Waals surface area (Å²) in [4.78, 5) is 9.70. The lowest BCUT2D eigenvalue weighted by molar-refractivity contribution is 0.415. The first kappa shape index (κ1) is 17.1. The Bertz CT molecular complexity index is 1080. The Morgan fingerprint density at radius 2 is 1.85 bits per heavy atom. The molecule has 0 aliphatic carbocycles. The van der Waals surface area contributed by atoms with Gasteiger partial charge in [0.05, 0.1) is 28.2 Å².